The molecule has 0 fully saturated rings. The van der Waals surface area contributed by atoms with E-state index < -0.39 is 0 Å². The minimum atomic E-state index is -0.247. The third kappa shape index (κ3) is 1.80. The molecule has 0 aliphatic heterocycles. The molecule has 4 heteroatoms. The van der Waals surface area contributed by atoms with Gasteiger partial charge in [-0.2, -0.15) is 5.10 Å². The highest BCUT2D eigenvalue weighted by molar-refractivity contribution is 7.80. The molecule has 1 aromatic heterocycles. The molecule has 17 heavy (non-hydrogen) atoms. The molecule has 0 aliphatic carbocycles. The van der Waals surface area contributed by atoms with Gasteiger partial charge in [0.05, 0.1) is 17.4 Å². The number of thiol groups is 1. The van der Waals surface area contributed by atoms with Crippen LogP contribution in [0.25, 0.3) is 16.6 Å². The standard InChI is InChI=1S/C13H9FN2S/c14-10-1-3-11(4-2-10)16-13-6-5-12(17)7-9(13)8-15-16/h1-8,17H. The van der Waals surface area contributed by atoms with Crippen LogP contribution < -0.4 is 0 Å². The van der Waals surface area contributed by atoms with Crippen LogP contribution in [0.15, 0.2) is 53.6 Å². The minimum absolute atomic E-state index is 0.247. The van der Waals surface area contributed by atoms with Crippen molar-refractivity contribution in [3.63, 3.8) is 0 Å². The van der Waals surface area contributed by atoms with Gasteiger partial charge in [-0.3, -0.25) is 0 Å². The zero-order chi connectivity index (χ0) is 11.8. The molecule has 1 heterocycles. The summed E-state index contributed by atoms with van der Waals surface area (Å²) >= 11 is 4.28. The molecule has 0 spiro atoms. The number of benzene rings is 2. The summed E-state index contributed by atoms with van der Waals surface area (Å²) in [5.41, 5.74) is 1.82. The van der Waals surface area contributed by atoms with Gasteiger partial charge in [0, 0.05) is 10.3 Å². The first-order valence-corrected chi connectivity index (χ1v) is 5.61. The second-order valence-electron chi connectivity index (χ2n) is 3.78. The Balaban J connectivity index is 2.21. The van der Waals surface area contributed by atoms with Gasteiger partial charge in [0.25, 0.3) is 0 Å². The Labute approximate surface area is 103 Å². The lowest BCUT2D eigenvalue weighted by Gasteiger charge is -2.03. The van der Waals surface area contributed by atoms with Crippen molar-refractivity contribution in [3.8, 4) is 5.69 Å². The lowest BCUT2D eigenvalue weighted by Crippen LogP contribution is -1.95. The number of fused-ring (bicyclic) bond motifs is 1. The normalized spacial score (nSPS) is 10.9. The molecule has 0 saturated carbocycles. The van der Waals surface area contributed by atoms with E-state index in [1.165, 1.54) is 12.1 Å². The largest absolute Gasteiger partial charge is 0.233 e. The Bertz CT molecular complexity index is 673. The zero-order valence-electron chi connectivity index (χ0n) is 8.84. The van der Waals surface area contributed by atoms with Crippen molar-refractivity contribution in [3.05, 3.63) is 54.5 Å². The van der Waals surface area contributed by atoms with Crippen molar-refractivity contribution in [2.45, 2.75) is 4.90 Å². The first-order chi connectivity index (χ1) is 8.24. The lowest BCUT2D eigenvalue weighted by molar-refractivity contribution is 0.627. The van der Waals surface area contributed by atoms with Crippen molar-refractivity contribution in [2.75, 3.05) is 0 Å². The van der Waals surface area contributed by atoms with E-state index in [0.717, 1.165) is 21.5 Å². The molecule has 84 valence electrons. The average Bonchev–Trinajstić information content (AvgIpc) is 2.73. The molecule has 0 bridgehead atoms. The van der Waals surface area contributed by atoms with E-state index in [0.29, 0.717) is 0 Å². The Kier molecular flexibility index (Phi) is 2.37. The SMILES string of the molecule is Fc1ccc(-n2ncc3cc(S)ccc32)cc1. The van der Waals surface area contributed by atoms with Crippen molar-refractivity contribution in [1.29, 1.82) is 0 Å². The van der Waals surface area contributed by atoms with Crippen LogP contribution in [0.2, 0.25) is 0 Å². The number of halogens is 1. The van der Waals surface area contributed by atoms with E-state index in [4.69, 9.17) is 0 Å². The van der Waals surface area contributed by atoms with E-state index in [1.807, 2.05) is 18.2 Å². The first kappa shape index (κ1) is 10.4. The van der Waals surface area contributed by atoms with Gasteiger partial charge in [-0.25, -0.2) is 9.07 Å². The summed E-state index contributed by atoms with van der Waals surface area (Å²) in [5, 5.41) is 5.31. The fourth-order valence-corrected chi connectivity index (χ4v) is 2.02. The van der Waals surface area contributed by atoms with Gasteiger partial charge < -0.3 is 0 Å². The van der Waals surface area contributed by atoms with E-state index in [9.17, 15) is 4.39 Å². The van der Waals surface area contributed by atoms with Gasteiger partial charge in [0.1, 0.15) is 5.82 Å². The van der Waals surface area contributed by atoms with Gasteiger partial charge in [-0.15, -0.1) is 12.6 Å². The molecule has 0 saturated heterocycles. The molecule has 3 rings (SSSR count). The summed E-state index contributed by atoms with van der Waals surface area (Å²) in [6.07, 6.45) is 1.78. The van der Waals surface area contributed by atoms with E-state index >= 15 is 0 Å². The topological polar surface area (TPSA) is 17.8 Å². The van der Waals surface area contributed by atoms with Crippen LogP contribution in [-0.2, 0) is 0 Å². The number of hydrogen-bond acceptors (Lipinski definition) is 2. The van der Waals surface area contributed by atoms with E-state index in [1.54, 1.807) is 23.0 Å². The highest BCUT2D eigenvalue weighted by Crippen LogP contribution is 2.21. The number of nitrogens with zero attached hydrogens (tertiary/aromatic N) is 2. The van der Waals surface area contributed by atoms with Crippen molar-refractivity contribution < 1.29 is 4.39 Å². The molecule has 3 aromatic rings. The molecule has 2 nitrogen and oxygen atoms in total. The zero-order valence-corrected chi connectivity index (χ0v) is 9.73. The fraction of sp³-hybridized carbons (Fsp3) is 0. The predicted molar refractivity (Wildman–Crippen MR) is 68.3 cm³/mol. The highest BCUT2D eigenvalue weighted by Gasteiger charge is 2.04. The first-order valence-electron chi connectivity index (χ1n) is 5.17. The monoisotopic (exact) mass is 244 g/mol. The van der Waals surface area contributed by atoms with Gasteiger partial charge in [-0.1, -0.05) is 0 Å². The van der Waals surface area contributed by atoms with Crippen LogP contribution >= 0.6 is 12.6 Å². The molecule has 0 N–H and O–H groups in total. The van der Waals surface area contributed by atoms with E-state index in [2.05, 4.69) is 17.7 Å². The van der Waals surface area contributed by atoms with E-state index in [-0.39, 0.29) is 5.82 Å². The van der Waals surface area contributed by atoms with Crippen LogP contribution in [0, 0.1) is 5.82 Å². The second kappa shape index (κ2) is 3.89. The van der Waals surface area contributed by atoms with Gasteiger partial charge in [0.15, 0.2) is 0 Å². The van der Waals surface area contributed by atoms with Gasteiger partial charge in [-0.05, 0) is 42.5 Å². The highest BCUT2D eigenvalue weighted by atomic mass is 32.1. The summed E-state index contributed by atoms with van der Waals surface area (Å²) in [6, 6.07) is 12.1. The molecule has 0 radical (unpaired) electrons. The second-order valence-corrected chi connectivity index (χ2v) is 4.29. The van der Waals surface area contributed by atoms with Crippen molar-refractivity contribution in [1.82, 2.24) is 9.78 Å². The summed E-state index contributed by atoms with van der Waals surface area (Å²) in [7, 11) is 0. The van der Waals surface area contributed by atoms with Crippen LogP contribution in [0.1, 0.15) is 0 Å². The summed E-state index contributed by atoms with van der Waals surface area (Å²) in [6.45, 7) is 0. The third-order valence-electron chi connectivity index (χ3n) is 2.62. The number of hydrogen-bond donors (Lipinski definition) is 1. The predicted octanol–water partition coefficient (Wildman–Crippen LogP) is 3.45. The summed E-state index contributed by atoms with van der Waals surface area (Å²) < 4.78 is 14.6. The Morgan fingerprint density at radius 2 is 1.82 bits per heavy atom. The van der Waals surface area contributed by atoms with Crippen LogP contribution in [0.5, 0.6) is 0 Å². The smallest absolute Gasteiger partial charge is 0.123 e. The molecule has 0 aliphatic rings. The molecule has 0 atom stereocenters. The number of aromatic nitrogens is 2. The van der Waals surface area contributed by atoms with Gasteiger partial charge >= 0.3 is 0 Å². The molecular formula is C13H9FN2S. The molecular weight excluding hydrogens is 235 g/mol. The third-order valence-corrected chi connectivity index (χ3v) is 2.90. The van der Waals surface area contributed by atoms with Crippen LogP contribution in [-0.4, -0.2) is 9.78 Å². The Hall–Kier alpha value is -1.81. The molecule has 2 aromatic carbocycles. The summed E-state index contributed by atoms with van der Waals surface area (Å²) in [5.74, 6) is -0.247. The quantitative estimate of drug-likeness (QED) is 0.649. The minimum Gasteiger partial charge on any atom is -0.233 e. The van der Waals surface area contributed by atoms with Crippen LogP contribution in [0.3, 0.4) is 0 Å². The lowest BCUT2D eigenvalue weighted by atomic mass is 10.2. The fourth-order valence-electron chi connectivity index (χ4n) is 1.81. The van der Waals surface area contributed by atoms with Crippen molar-refractivity contribution >= 4 is 23.5 Å². The Morgan fingerprint density at radius 3 is 2.59 bits per heavy atom. The Morgan fingerprint density at radius 1 is 1.06 bits per heavy atom. The maximum absolute atomic E-state index is 12.9. The average molecular weight is 244 g/mol. The maximum atomic E-state index is 12.9. The number of rotatable bonds is 1. The van der Waals surface area contributed by atoms with Crippen LogP contribution in [0.4, 0.5) is 4.39 Å². The maximum Gasteiger partial charge on any atom is 0.123 e. The van der Waals surface area contributed by atoms with Gasteiger partial charge in [0.2, 0.25) is 0 Å². The van der Waals surface area contributed by atoms with Crippen molar-refractivity contribution in [2.24, 2.45) is 0 Å². The molecule has 0 unspecified atom stereocenters. The molecule has 0 amide bonds. The summed E-state index contributed by atoms with van der Waals surface area (Å²) in [4.78, 5) is 0.899.